The third-order valence-corrected chi connectivity index (χ3v) is 3.82. The molecule has 6 heteroatoms. The third-order valence-electron chi connectivity index (χ3n) is 3.13. The van der Waals surface area contributed by atoms with Crippen LogP contribution in [0.3, 0.4) is 0 Å². The van der Waals surface area contributed by atoms with Gasteiger partial charge < -0.3 is 0 Å². The van der Waals surface area contributed by atoms with E-state index in [4.69, 9.17) is 4.52 Å². The zero-order chi connectivity index (χ0) is 15.5. The number of carbonyl (C=O) groups excluding carboxylic acids is 1. The van der Waals surface area contributed by atoms with E-state index in [1.807, 2.05) is 37.3 Å². The van der Waals surface area contributed by atoms with E-state index in [1.165, 1.54) is 0 Å². The summed E-state index contributed by atoms with van der Waals surface area (Å²) in [5.41, 5.74) is 2.54. The van der Waals surface area contributed by atoms with Gasteiger partial charge in [-0.05, 0) is 19.1 Å². The summed E-state index contributed by atoms with van der Waals surface area (Å²) in [4.78, 5) is 12.1. The third kappa shape index (κ3) is 2.92. The maximum absolute atomic E-state index is 12.1. The first-order valence-electron chi connectivity index (χ1n) is 6.66. The van der Waals surface area contributed by atoms with Crippen molar-refractivity contribution < 1.29 is 14.0 Å². The second-order valence-corrected chi connectivity index (χ2v) is 5.51. The van der Waals surface area contributed by atoms with Gasteiger partial charge in [-0.15, -0.1) is 0 Å². The average Bonchev–Trinajstić information content (AvgIpc) is 2.90. The second-order valence-electron chi connectivity index (χ2n) is 4.76. The maximum atomic E-state index is 12.1. The molecule has 110 valence electrons. The Kier molecular flexibility index (Phi) is 4.02. The Labute approximate surface area is 135 Å². The van der Waals surface area contributed by atoms with Crippen LogP contribution in [0.25, 0.3) is 5.69 Å². The number of benzene rings is 2. The minimum Gasteiger partial charge on any atom is -0.284 e. The molecule has 1 N–H and O–H groups in total. The van der Waals surface area contributed by atoms with Crippen LogP contribution < -0.4 is 10.00 Å². The van der Waals surface area contributed by atoms with Crippen molar-refractivity contribution in [1.29, 1.82) is 0 Å². The van der Waals surface area contributed by atoms with E-state index in [-0.39, 0.29) is 11.8 Å². The van der Waals surface area contributed by atoms with Crippen molar-refractivity contribution in [2.24, 2.45) is 0 Å². The van der Waals surface area contributed by atoms with Gasteiger partial charge in [0.05, 0.1) is 0 Å². The van der Waals surface area contributed by atoms with E-state index in [2.05, 4.69) is 26.5 Å². The predicted octanol–water partition coefficient (Wildman–Crippen LogP) is 3.27. The fourth-order valence-corrected chi connectivity index (χ4v) is 2.38. The second kappa shape index (κ2) is 6.11. The number of anilines is 1. The molecule has 1 aromatic heterocycles. The van der Waals surface area contributed by atoms with Gasteiger partial charge in [0.2, 0.25) is 11.0 Å². The molecule has 0 saturated heterocycles. The van der Waals surface area contributed by atoms with E-state index in [0.29, 0.717) is 10.2 Å². The molecule has 2 aromatic carbocycles. The smallest absolute Gasteiger partial charge is 0.284 e. The highest BCUT2D eigenvalue weighted by Gasteiger charge is 2.26. The van der Waals surface area contributed by atoms with E-state index >= 15 is 0 Å². The molecule has 1 heterocycles. The zero-order valence-electron chi connectivity index (χ0n) is 11.8. The molecule has 0 saturated carbocycles. The molecule has 3 aromatic rings. The van der Waals surface area contributed by atoms with E-state index in [1.54, 1.807) is 28.9 Å². The number of aromatic nitrogens is 2. The van der Waals surface area contributed by atoms with Crippen molar-refractivity contribution in [1.82, 2.24) is 5.27 Å². The summed E-state index contributed by atoms with van der Waals surface area (Å²) in [6, 6.07) is 16.7. The number of nitrogens with one attached hydrogen (secondary N) is 1. The van der Waals surface area contributed by atoms with Gasteiger partial charge >= 0.3 is 10.5 Å². The van der Waals surface area contributed by atoms with Gasteiger partial charge in [-0.1, -0.05) is 35.9 Å². The normalized spacial score (nSPS) is 10.5. The van der Waals surface area contributed by atoms with Crippen molar-refractivity contribution in [2.75, 3.05) is 5.32 Å². The van der Waals surface area contributed by atoms with Crippen molar-refractivity contribution >= 4 is 27.7 Å². The van der Waals surface area contributed by atoms with Gasteiger partial charge in [-0.3, -0.25) is 14.6 Å². The first-order valence-corrected chi connectivity index (χ1v) is 7.45. The van der Waals surface area contributed by atoms with Crippen LogP contribution in [-0.2, 0) is 0 Å². The Balaban J connectivity index is 1.85. The minimum atomic E-state index is -0.256. The predicted molar refractivity (Wildman–Crippen MR) is 84.9 cm³/mol. The largest absolute Gasteiger partial charge is 0.346 e. The Morgan fingerprint density at radius 3 is 2.50 bits per heavy atom. The van der Waals surface area contributed by atoms with Crippen molar-refractivity contribution in [3.05, 3.63) is 70.3 Å². The number of carbonyl (C=O) groups is 1. The van der Waals surface area contributed by atoms with Crippen LogP contribution in [-0.4, -0.2) is 11.2 Å². The van der Waals surface area contributed by atoms with Gasteiger partial charge in [-0.25, -0.2) is 0 Å². The van der Waals surface area contributed by atoms with Gasteiger partial charge in [0.25, 0.3) is 5.91 Å². The number of amides is 1. The number of hydrogen-bond donors (Lipinski definition) is 1. The van der Waals surface area contributed by atoms with Crippen molar-refractivity contribution in [3.63, 3.8) is 0 Å². The highest BCUT2D eigenvalue weighted by Crippen LogP contribution is 2.19. The van der Waals surface area contributed by atoms with Gasteiger partial charge in [0, 0.05) is 38.3 Å². The Hall–Kier alpha value is -2.47. The number of hydrogen-bond acceptors (Lipinski definition) is 3. The topological polar surface area (TPSA) is 59.0 Å². The number of aryl methyl sites for hydroxylation is 1. The summed E-state index contributed by atoms with van der Waals surface area (Å²) < 4.78 is 7.32. The van der Waals surface area contributed by atoms with Crippen LogP contribution in [0, 0.1) is 6.92 Å². The van der Waals surface area contributed by atoms with Gasteiger partial charge in [-0.2, -0.15) is 0 Å². The highest BCUT2D eigenvalue weighted by atomic mass is 79.9. The lowest BCUT2D eigenvalue weighted by molar-refractivity contribution is -0.680. The Morgan fingerprint density at radius 2 is 1.82 bits per heavy atom. The zero-order valence-corrected chi connectivity index (χ0v) is 13.4. The Bertz CT molecular complexity index is 798. The molecule has 0 fully saturated rings. The summed E-state index contributed by atoms with van der Waals surface area (Å²) in [6.07, 6.45) is 0. The molecule has 0 bridgehead atoms. The summed E-state index contributed by atoms with van der Waals surface area (Å²) in [5, 5.41) is 6.63. The number of halogens is 1. The Morgan fingerprint density at radius 1 is 1.14 bits per heavy atom. The fraction of sp³-hybridized carbons (Fsp3) is 0.0625. The average molecular weight is 359 g/mol. The molecule has 0 atom stereocenters. The SMILES string of the molecule is Cc1ccc(-[n+]2noc(NC(=O)c3ccccc3)c2Br)cc1. The summed E-state index contributed by atoms with van der Waals surface area (Å²) in [7, 11) is 0. The summed E-state index contributed by atoms with van der Waals surface area (Å²) in [6.45, 7) is 2.01. The van der Waals surface area contributed by atoms with Gasteiger partial charge in [0.1, 0.15) is 0 Å². The summed E-state index contributed by atoms with van der Waals surface area (Å²) in [5.74, 6) is 0.00272. The minimum absolute atomic E-state index is 0.256. The molecular formula is C16H13BrN3O2+. The first kappa shape index (κ1) is 14.5. The van der Waals surface area contributed by atoms with Crippen LogP contribution in [0.1, 0.15) is 15.9 Å². The molecular weight excluding hydrogens is 346 g/mol. The molecule has 0 aliphatic carbocycles. The fourth-order valence-electron chi connectivity index (χ4n) is 1.94. The van der Waals surface area contributed by atoms with E-state index in [9.17, 15) is 4.79 Å². The molecule has 0 unspecified atom stereocenters. The lowest BCUT2D eigenvalue weighted by Crippen LogP contribution is -2.33. The van der Waals surface area contributed by atoms with Crippen LogP contribution in [0.2, 0.25) is 0 Å². The van der Waals surface area contributed by atoms with Crippen LogP contribution in [0.5, 0.6) is 0 Å². The standard InChI is InChI=1S/C16H12BrN3O2/c1-11-7-9-13(10-8-11)20-14(17)16(22-19-20)18-15(21)12-5-3-2-4-6-12/h2-10H,1H3/p+1. The van der Waals surface area contributed by atoms with Gasteiger partial charge in [0.15, 0.2) is 0 Å². The number of nitrogens with zero attached hydrogens (tertiary/aromatic N) is 2. The molecule has 3 rings (SSSR count). The highest BCUT2D eigenvalue weighted by molar-refractivity contribution is 9.10. The quantitative estimate of drug-likeness (QED) is 0.731. The monoisotopic (exact) mass is 358 g/mol. The van der Waals surface area contributed by atoms with Crippen molar-refractivity contribution in [3.8, 4) is 5.69 Å². The lowest BCUT2D eigenvalue weighted by atomic mass is 10.2. The number of rotatable bonds is 3. The van der Waals surface area contributed by atoms with Crippen LogP contribution >= 0.6 is 15.9 Å². The molecule has 5 nitrogen and oxygen atoms in total. The lowest BCUT2D eigenvalue weighted by Gasteiger charge is -1.98. The summed E-state index contributed by atoms with van der Waals surface area (Å²) >= 11 is 3.40. The molecule has 0 radical (unpaired) electrons. The first-order chi connectivity index (χ1) is 10.6. The van der Waals surface area contributed by atoms with Crippen LogP contribution in [0.15, 0.2) is 63.7 Å². The molecule has 0 aliphatic rings. The maximum Gasteiger partial charge on any atom is 0.346 e. The van der Waals surface area contributed by atoms with Crippen molar-refractivity contribution in [2.45, 2.75) is 6.92 Å². The molecule has 22 heavy (non-hydrogen) atoms. The van der Waals surface area contributed by atoms with Crippen LogP contribution in [0.4, 0.5) is 5.88 Å². The molecule has 0 aliphatic heterocycles. The molecule has 0 spiro atoms. The van der Waals surface area contributed by atoms with E-state index < -0.39 is 0 Å². The molecule has 1 amide bonds. The van der Waals surface area contributed by atoms with E-state index in [0.717, 1.165) is 11.3 Å².